The van der Waals surface area contributed by atoms with Crippen LogP contribution in [-0.2, 0) is 19.1 Å². The molecule has 0 aromatic rings. The number of hydrogen-bond acceptors (Lipinski definition) is 5. The number of ether oxygens (including phenoxy) is 2. The first-order valence-corrected chi connectivity index (χ1v) is 4.66. The molecule has 2 atom stereocenters. The molecule has 13 heavy (non-hydrogen) atoms. The first kappa shape index (κ1) is 10.1. The third-order valence-corrected chi connectivity index (χ3v) is 2.60. The van der Waals surface area contributed by atoms with Crippen LogP contribution < -0.4 is 0 Å². The molecule has 0 radical (unpaired) electrons. The van der Waals surface area contributed by atoms with E-state index in [1.165, 1.54) is 25.8 Å². The van der Waals surface area contributed by atoms with Gasteiger partial charge in [0.1, 0.15) is 11.4 Å². The highest BCUT2D eigenvalue weighted by atomic mass is 32.2. The predicted molar refractivity (Wildman–Crippen MR) is 48.1 cm³/mol. The fourth-order valence-corrected chi connectivity index (χ4v) is 1.91. The van der Waals surface area contributed by atoms with Crippen molar-refractivity contribution >= 4 is 23.7 Å². The van der Waals surface area contributed by atoms with Gasteiger partial charge in [-0.1, -0.05) is 0 Å². The number of methoxy groups -OCH3 is 1. The Morgan fingerprint density at radius 1 is 1.46 bits per heavy atom. The Balaban J connectivity index is 2.57. The van der Waals surface area contributed by atoms with Crippen LogP contribution in [-0.4, -0.2) is 30.4 Å². The van der Waals surface area contributed by atoms with E-state index in [4.69, 9.17) is 4.74 Å². The molecule has 1 heterocycles. The minimum absolute atomic E-state index is 0.374. The van der Waals surface area contributed by atoms with Gasteiger partial charge in [-0.25, -0.2) is 0 Å². The third kappa shape index (κ3) is 2.48. The molecule has 0 aromatic heterocycles. The van der Waals surface area contributed by atoms with Crippen molar-refractivity contribution in [2.75, 3.05) is 7.11 Å². The van der Waals surface area contributed by atoms with E-state index >= 15 is 0 Å². The van der Waals surface area contributed by atoms with Gasteiger partial charge in [0.25, 0.3) is 0 Å². The van der Waals surface area contributed by atoms with Gasteiger partial charge in [0.2, 0.25) is 0 Å². The van der Waals surface area contributed by atoms with E-state index in [0.29, 0.717) is 0 Å². The zero-order valence-electron chi connectivity index (χ0n) is 7.35. The number of thioether (sulfide) groups is 1. The van der Waals surface area contributed by atoms with Gasteiger partial charge in [0, 0.05) is 6.92 Å². The highest BCUT2D eigenvalue weighted by Crippen LogP contribution is 2.27. The van der Waals surface area contributed by atoms with Gasteiger partial charge in [-0.3, -0.25) is 9.59 Å². The summed E-state index contributed by atoms with van der Waals surface area (Å²) < 4.78 is 9.45. The molecule has 0 aromatic carbocycles. The average Bonchev–Trinajstić information content (AvgIpc) is 2.50. The first-order valence-electron chi connectivity index (χ1n) is 3.72. The second-order valence-electron chi connectivity index (χ2n) is 2.48. The molecule has 1 aliphatic rings. The largest absolute Gasteiger partial charge is 0.468 e. The van der Waals surface area contributed by atoms with Gasteiger partial charge in [-0.05, 0) is 11.5 Å². The number of esters is 2. The van der Waals surface area contributed by atoms with Gasteiger partial charge < -0.3 is 9.47 Å². The summed E-state index contributed by atoms with van der Waals surface area (Å²) in [6.45, 7) is 1.31. The topological polar surface area (TPSA) is 52.6 Å². The van der Waals surface area contributed by atoms with Crippen LogP contribution in [0.5, 0.6) is 0 Å². The van der Waals surface area contributed by atoms with Crippen molar-refractivity contribution in [3.8, 4) is 0 Å². The summed E-state index contributed by atoms with van der Waals surface area (Å²) in [6.07, 6.45) is 1.18. The number of carbonyl (C=O) groups excluding carboxylic acids is 2. The monoisotopic (exact) mass is 202 g/mol. The van der Waals surface area contributed by atoms with Crippen molar-refractivity contribution in [1.82, 2.24) is 0 Å². The summed E-state index contributed by atoms with van der Waals surface area (Å²) >= 11 is 1.29. The molecule has 0 spiro atoms. The van der Waals surface area contributed by atoms with E-state index < -0.39 is 17.3 Å². The van der Waals surface area contributed by atoms with E-state index in [0.717, 1.165) is 0 Å². The Labute approximate surface area is 80.3 Å². The fraction of sp³-hybridized carbons (Fsp3) is 0.500. The molecule has 4 nitrogen and oxygen atoms in total. The standard InChI is InChI=1S/C8H10O4S/c1-5(9)12-6-3-4-13-7(6)8(10)11-2/h3-4,6-7H,1-2H3. The fourth-order valence-electron chi connectivity index (χ4n) is 0.984. The van der Waals surface area contributed by atoms with Gasteiger partial charge >= 0.3 is 11.9 Å². The van der Waals surface area contributed by atoms with Crippen molar-refractivity contribution in [2.24, 2.45) is 0 Å². The highest BCUT2D eigenvalue weighted by Gasteiger charge is 2.33. The van der Waals surface area contributed by atoms with Gasteiger partial charge in [0.15, 0.2) is 0 Å². The predicted octanol–water partition coefficient (Wildman–Crippen LogP) is 0.720. The Hall–Kier alpha value is -0.970. The van der Waals surface area contributed by atoms with Gasteiger partial charge in [0.05, 0.1) is 7.11 Å². The zero-order chi connectivity index (χ0) is 9.84. The Bertz CT molecular complexity index is 249. The SMILES string of the molecule is COC(=O)C1SC=CC1OC(C)=O. The van der Waals surface area contributed by atoms with Crippen LogP contribution in [0, 0.1) is 0 Å². The minimum atomic E-state index is -0.491. The van der Waals surface area contributed by atoms with E-state index in [9.17, 15) is 9.59 Å². The molecule has 1 rings (SSSR count). The third-order valence-electron chi connectivity index (χ3n) is 1.53. The summed E-state index contributed by atoms with van der Waals surface area (Å²) in [5.74, 6) is -0.771. The Morgan fingerprint density at radius 2 is 2.15 bits per heavy atom. The van der Waals surface area contributed by atoms with Crippen LogP contribution in [0.2, 0.25) is 0 Å². The van der Waals surface area contributed by atoms with Crippen molar-refractivity contribution in [3.05, 3.63) is 11.5 Å². The summed E-state index contributed by atoms with van der Waals surface area (Å²) in [5.41, 5.74) is 0. The lowest BCUT2D eigenvalue weighted by Gasteiger charge is -2.15. The average molecular weight is 202 g/mol. The molecule has 2 unspecified atom stereocenters. The van der Waals surface area contributed by atoms with E-state index in [2.05, 4.69) is 4.74 Å². The molecular formula is C8H10O4S. The summed E-state index contributed by atoms with van der Waals surface area (Å²) in [5, 5.41) is 1.28. The number of hydrogen-bond donors (Lipinski definition) is 0. The second kappa shape index (κ2) is 4.32. The maximum absolute atomic E-state index is 11.1. The van der Waals surface area contributed by atoms with Gasteiger partial charge in [-0.15, -0.1) is 11.8 Å². The Morgan fingerprint density at radius 3 is 2.69 bits per heavy atom. The van der Waals surface area contributed by atoms with Crippen LogP contribution in [0.15, 0.2) is 11.5 Å². The molecule has 0 saturated heterocycles. The summed E-state index contributed by atoms with van der Waals surface area (Å²) in [7, 11) is 1.31. The van der Waals surface area contributed by atoms with Crippen molar-refractivity contribution in [3.63, 3.8) is 0 Å². The van der Waals surface area contributed by atoms with Crippen molar-refractivity contribution in [2.45, 2.75) is 18.3 Å². The number of carbonyl (C=O) groups is 2. The lowest BCUT2D eigenvalue weighted by molar-refractivity contribution is -0.148. The van der Waals surface area contributed by atoms with Gasteiger partial charge in [-0.2, -0.15) is 0 Å². The zero-order valence-corrected chi connectivity index (χ0v) is 8.17. The lowest BCUT2D eigenvalue weighted by Crippen LogP contribution is -2.31. The second-order valence-corrected chi connectivity index (χ2v) is 3.53. The molecular weight excluding hydrogens is 192 g/mol. The molecule has 0 amide bonds. The van der Waals surface area contributed by atoms with E-state index in [-0.39, 0.29) is 5.97 Å². The molecule has 0 N–H and O–H groups in total. The van der Waals surface area contributed by atoms with Crippen LogP contribution >= 0.6 is 11.8 Å². The smallest absolute Gasteiger partial charge is 0.323 e. The van der Waals surface area contributed by atoms with Crippen LogP contribution in [0.1, 0.15) is 6.92 Å². The summed E-state index contributed by atoms with van der Waals surface area (Å²) in [6, 6.07) is 0. The molecule has 0 saturated carbocycles. The van der Waals surface area contributed by atoms with E-state index in [1.54, 1.807) is 11.5 Å². The van der Waals surface area contributed by atoms with Crippen LogP contribution in [0.4, 0.5) is 0 Å². The van der Waals surface area contributed by atoms with Crippen molar-refractivity contribution in [1.29, 1.82) is 0 Å². The molecule has 0 bridgehead atoms. The lowest BCUT2D eigenvalue weighted by atomic mass is 10.2. The Kier molecular flexibility index (Phi) is 3.36. The maximum Gasteiger partial charge on any atom is 0.323 e. The van der Waals surface area contributed by atoms with E-state index in [1.807, 2.05) is 0 Å². The quantitative estimate of drug-likeness (QED) is 0.617. The first-order chi connectivity index (χ1) is 6.15. The summed E-state index contributed by atoms with van der Waals surface area (Å²) in [4.78, 5) is 21.8. The van der Waals surface area contributed by atoms with Crippen molar-refractivity contribution < 1.29 is 19.1 Å². The highest BCUT2D eigenvalue weighted by molar-refractivity contribution is 8.03. The van der Waals surface area contributed by atoms with Crippen LogP contribution in [0.25, 0.3) is 0 Å². The van der Waals surface area contributed by atoms with Crippen LogP contribution in [0.3, 0.4) is 0 Å². The molecule has 0 aliphatic carbocycles. The molecule has 1 aliphatic heterocycles. The number of rotatable bonds is 2. The molecule has 72 valence electrons. The molecule has 5 heteroatoms. The normalized spacial score (nSPS) is 25.7. The maximum atomic E-state index is 11.1. The minimum Gasteiger partial charge on any atom is -0.468 e. The molecule has 0 fully saturated rings.